The maximum Gasteiger partial charge on any atom is 0.237 e. The summed E-state index contributed by atoms with van der Waals surface area (Å²) in [7, 11) is 1.58. The maximum absolute atomic E-state index is 12.2. The zero-order valence-electron chi connectivity index (χ0n) is 13.3. The summed E-state index contributed by atoms with van der Waals surface area (Å²) < 4.78 is 5.13. The van der Waals surface area contributed by atoms with Crippen molar-refractivity contribution in [2.24, 2.45) is 0 Å². The molecule has 3 N–H and O–H groups in total. The molecule has 1 aliphatic carbocycles. The van der Waals surface area contributed by atoms with Gasteiger partial charge in [0.05, 0.1) is 19.6 Å². The van der Waals surface area contributed by atoms with Gasteiger partial charge in [-0.2, -0.15) is 0 Å². The number of amides is 2. The minimum absolute atomic E-state index is 0.0751. The summed E-state index contributed by atoms with van der Waals surface area (Å²) in [6.07, 6.45) is 4.54. The average molecular weight is 317 g/mol. The second-order valence-corrected chi connectivity index (χ2v) is 6.21. The van der Waals surface area contributed by atoms with Crippen LogP contribution in [0.4, 0.5) is 5.69 Å². The van der Waals surface area contributed by atoms with Crippen molar-refractivity contribution in [3.63, 3.8) is 0 Å². The first-order valence-corrected chi connectivity index (χ1v) is 8.16. The average Bonchev–Trinajstić information content (AvgIpc) is 2.55. The number of benzene rings is 1. The van der Waals surface area contributed by atoms with Gasteiger partial charge in [0.15, 0.2) is 0 Å². The summed E-state index contributed by atoms with van der Waals surface area (Å²) in [5, 5.41) is 9.22. The number of rotatable bonds is 4. The Bertz CT molecular complexity index is 590. The van der Waals surface area contributed by atoms with Crippen LogP contribution in [0.1, 0.15) is 32.1 Å². The Hall–Kier alpha value is -2.08. The van der Waals surface area contributed by atoms with E-state index in [1.807, 2.05) is 12.1 Å². The zero-order chi connectivity index (χ0) is 16.2. The Morgan fingerprint density at radius 3 is 2.87 bits per heavy atom. The number of fused-ring (bicyclic) bond motifs is 1. The Labute approximate surface area is 136 Å². The summed E-state index contributed by atoms with van der Waals surface area (Å²) in [5.74, 6) is 0.426. The molecule has 3 atom stereocenters. The van der Waals surface area contributed by atoms with E-state index in [0.717, 1.165) is 19.3 Å². The van der Waals surface area contributed by atoms with Gasteiger partial charge in [0.1, 0.15) is 5.75 Å². The lowest BCUT2D eigenvalue weighted by atomic mass is 9.87. The van der Waals surface area contributed by atoms with Crippen molar-refractivity contribution < 1.29 is 14.3 Å². The molecule has 2 aliphatic rings. The molecule has 2 fully saturated rings. The minimum atomic E-state index is -0.458. The predicted octanol–water partition coefficient (Wildman–Crippen LogP) is 1.42. The Balaban J connectivity index is 1.57. The van der Waals surface area contributed by atoms with E-state index in [-0.39, 0.29) is 30.3 Å². The van der Waals surface area contributed by atoms with Gasteiger partial charge in [-0.15, -0.1) is 0 Å². The summed E-state index contributed by atoms with van der Waals surface area (Å²) in [6.45, 7) is 0. The molecule has 1 saturated heterocycles. The van der Waals surface area contributed by atoms with Gasteiger partial charge in [0.2, 0.25) is 11.8 Å². The molecular formula is C17H23N3O3. The van der Waals surface area contributed by atoms with Gasteiger partial charge in [0, 0.05) is 23.8 Å². The Kier molecular flexibility index (Phi) is 4.81. The van der Waals surface area contributed by atoms with Crippen LogP contribution in [0.5, 0.6) is 5.75 Å². The molecule has 2 amide bonds. The first-order chi connectivity index (χ1) is 11.2. The normalized spacial score (nSPS) is 26.8. The molecular weight excluding hydrogens is 294 g/mol. The largest absolute Gasteiger partial charge is 0.497 e. The third kappa shape index (κ3) is 3.82. The van der Waals surface area contributed by atoms with E-state index in [1.165, 1.54) is 6.42 Å². The number of ether oxygens (including phenoxy) is 1. The van der Waals surface area contributed by atoms with Crippen LogP contribution in [0.2, 0.25) is 0 Å². The maximum atomic E-state index is 12.2. The van der Waals surface area contributed by atoms with Crippen LogP contribution in [0.25, 0.3) is 0 Å². The summed E-state index contributed by atoms with van der Waals surface area (Å²) in [4.78, 5) is 24.4. The van der Waals surface area contributed by atoms with Crippen molar-refractivity contribution in [3.8, 4) is 5.75 Å². The van der Waals surface area contributed by atoms with Gasteiger partial charge in [-0.3, -0.25) is 9.59 Å². The van der Waals surface area contributed by atoms with Crippen LogP contribution in [0.3, 0.4) is 0 Å². The SMILES string of the molecule is COc1cccc(NC(=O)CC2NC3CCCCC3NC2=O)c1. The van der Waals surface area contributed by atoms with Crippen LogP contribution >= 0.6 is 0 Å². The predicted molar refractivity (Wildman–Crippen MR) is 87.4 cm³/mol. The fourth-order valence-electron chi connectivity index (χ4n) is 3.37. The first-order valence-electron chi connectivity index (χ1n) is 8.16. The zero-order valence-corrected chi connectivity index (χ0v) is 13.3. The summed E-state index contributed by atoms with van der Waals surface area (Å²) >= 11 is 0. The highest BCUT2D eigenvalue weighted by molar-refractivity contribution is 5.95. The summed E-state index contributed by atoms with van der Waals surface area (Å²) in [5.41, 5.74) is 0.668. The van der Waals surface area contributed by atoms with E-state index < -0.39 is 6.04 Å². The summed E-state index contributed by atoms with van der Waals surface area (Å²) in [6, 6.07) is 7.22. The monoisotopic (exact) mass is 317 g/mol. The topological polar surface area (TPSA) is 79.5 Å². The molecule has 1 heterocycles. The number of nitrogens with one attached hydrogen (secondary N) is 3. The van der Waals surface area contributed by atoms with Gasteiger partial charge >= 0.3 is 0 Å². The third-order valence-electron chi connectivity index (χ3n) is 4.57. The molecule has 1 saturated carbocycles. The van der Waals surface area contributed by atoms with Crippen molar-refractivity contribution in [2.75, 3.05) is 12.4 Å². The van der Waals surface area contributed by atoms with Crippen molar-refractivity contribution >= 4 is 17.5 Å². The highest BCUT2D eigenvalue weighted by Crippen LogP contribution is 2.22. The number of carbonyl (C=O) groups is 2. The van der Waals surface area contributed by atoms with E-state index >= 15 is 0 Å². The number of piperazine rings is 1. The minimum Gasteiger partial charge on any atom is -0.497 e. The van der Waals surface area contributed by atoms with Gasteiger partial charge in [-0.1, -0.05) is 18.9 Å². The highest BCUT2D eigenvalue weighted by Gasteiger charge is 2.36. The Morgan fingerprint density at radius 2 is 2.09 bits per heavy atom. The number of anilines is 1. The van der Waals surface area contributed by atoms with E-state index in [0.29, 0.717) is 11.4 Å². The lowest BCUT2D eigenvalue weighted by Gasteiger charge is -2.40. The van der Waals surface area contributed by atoms with Gasteiger partial charge in [-0.25, -0.2) is 0 Å². The fraction of sp³-hybridized carbons (Fsp3) is 0.529. The molecule has 3 rings (SSSR count). The van der Waals surface area contributed by atoms with Crippen molar-refractivity contribution in [1.82, 2.24) is 10.6 Å². The molecule has 0 aromatic heterocycles. The third-order valence-corrected chi connectivity index (χ3v) is 4.57. The molecule has 0 spiro atoms. The number of hydrogen-bond donors (Lipinski definition) is 3. The van der Waals surface area contributed by atoms with E-state index in [4.69, 9.17) is 4.74 Å². The van der Waals surface area contributed by atoms with Gasteiger partial charge < -0.3 is 20.7 Å². The lowest BCUT2D eigenvalue weighted by molar-refractivity contribution is -0.129. The molecule has 1 aromatic rings. The van der Waals surface area contributed by atoms with Crippen molar-refractivity contribution in [2.45, 2.75) is 50.2 Å². The van der Waals surface area contributed by atoms with Crippen LogP contribution in [0.15, 0.2) is 24.3 Å². The van der Waals surface area contributed by atoms with Crippen LogP contribution in [0, 0.1) is 0 Å². The molecule has 0 bridgehead atoms. The second kappa shape index (κ2) is 7.00. The second-order valence-electron chi connectivity index (χ2n) is 6.21. The molecule has 6 heteroatoms. The molecule has 1 aliphatic heterocycles. The molecule has 6 nitrogen and oxygen atoms in total. The van der Waals surface area contributed by atoms with E-state index in [2.05, 4.69) is 16.0 Å². The fourth-order valence-corrected chi connectivity index (χ4v) is 3.37. The highest BCUT2D eigenvalue weighted by atomic mass is 16.5. The van der Waals surface area contributed by atoms with E-state index in [9.17, 15) is 9.59 Å². The number of methoxy groups -OCH3 is 1. The number of carbonyl (C=O) groups excluding carboxylic acids is 2. The van der Waals surface area contributed by atoms with Crippen molar-refractivity contribution in [3.05, 3.63) is 24.3 Å². The molecule has 0 radical (unpaired) electrons. The lowest BCUT2D eigenvalue weighted by Crippen LogP contribution is -2.65. The van der Waals surface area contributed by atoms with Gasteiger partial charge in [0.25, 0.3) is 0 Å². The smallest absolute Gasteiger partial charge is 0.237 e. The quantitative estimate of drug-likeness (QED) is 0.785. The molecule has 1 aromatic carbocycles. The van der Waals surface area contributed by atoms with Crippen molar-refractivity contribution in [1.29, 1.82) is 0 Å². The standard InChI is InChI=1S/C17H23N3O3/c1-23-12-6-4-5-11(9-12)18-16(21)10-15-17(22)20-14-8-3-2-7-13(14)19-15/h4-6,9,13-15,19H,2-3,7-8,10H2,1H3,(H,18,21)(H,20,22). The van der Waals surface area contributed by atoms with Crippen LogP contribution in [-0.4, -0.2) is 37.0 Å². The van der Waals surface area contributed by atoms with Gasteiger partial charge in [-0.05, 0) is 25.0 Å². The number of hydrogen-bond acceptors (Lipinski definition) is 4. The Morgan fingerprint density at radius 1 is 1.30 bits per heavy atom. The van der Waals surface area contributed by atoms with E-state index in [1.54, 1.807) is 19.2 Å². The van der Waals surface area contributed by atoms with Crippen LogP contribution in [-0.2, 0) is 9.59 Å². The molecule has 23 heavy (non-hydrogen) atoms. The molecule has 124 valence electrons. The first kappa shape index (κ1) is 15.8. The molecule has 3 unspecified atom stereocenters. The van der Waals surface area contributed by atoms with Crippen LogP contribution < -0.4 is 20.7 Å².